The first-order valence-electron chi connectivity index (χ1n) is 6.68. The number of carbonyl (C=O) groups excluding carboxylic acids is 1. The van der Waals surface area contributed by atoms with Crippen molar-refractivity contribution in [2.24, 2.45) is 0 Å². The number of likely N-dealkylation sites (tertiary alicyclic amines) is 2. The number of ether oxygens (including phenoxy) is 1. The zero-order chi connectivity index (χ0) is 12.5. The Morgan fingerprint density at radius 2 is 1.82 bits per heavy atom. The zero-order valence-electron chi connectivity index (χ0n) is 11.2. The van der Waals surface area contributed by atoms with Gasteiger partial charge >= 0.3 is 6.09 Å². The van der Waals surface area contributed by atoms with E-state index in [9.17, 15) is 4.79 Å². The predicted molar refractivity (Wildman–Crippen MR) is 67.0 cm³/mol. The fourth-order valence-corrected chi connectivity index (χ4v) is 2.64. The minimum absolute atomic E-state index is 0.154. The molecule has 0 spiro atoms. The molecular formula is C13H24N2O2. The Morgan fingerprint density at radius 1 is 1.18 bits per heavy atom. The Morgan fingerprint density at radius 3 is 2.41 bits per heavy atom. The Balaban J connectivity index is 1.82. The van der Waals surface area contributed by atoms with Crippen LogP contribution < -0.4 is 0 Å². The minimum atomic E-state index is -0.386. The average Bonchev–Trinajstić information content (AvgIpc) is 2.86. The van der Waals surface area contributed by atoms with Gasteiger partial charge in [-0.2, -0.15) is 0 Å². The monoisotopic (exact) mass is 240 g/mol. The van der Waals surface area contributed by atoms with Gasteiger partial charge in [0.2, 0.25) is 0 Å². The Bertz CT molecular complexity index is 280. The van der Waals surface area contributed by atoms with Crippen molar-refractivity contribution in [3.8, 4) is 0 Å². The van der Waals surface area contributed by atoms with E-state index in [1.807, 2.05) is 25.7 Å². The van der Waals surface area contributed by atoms with Crippen molar-refractivity contribution in [1.29, 1.82) is 0 Å². The van der Waals surface area contributed by atoms with E-state index < -0.39 is 0 Å². The van der Waals surface area contributed by atoms with Crippen molar-refractivity contribution < 1.29 is 9.53 Å². The van der Waals surface area contributed by atoms with Gasteiger partial charge in [-0.3, -0.25) is 4.90 Å². The van der Waals surface area contributed by atoms with Crippen molar-refractivity contribution >= 4 is 6.09 Å². The summed E-state index contributed by atoms with van der Waals surface area (Å²) in [6.45, 7) is 9.83. The van der Waals surface area contributed by atoms with E-state index in [0.717, 1.165) is 19.5 Å². The van der Waals surface area contributed by atoms with Gasteiger partial charge < -0.3 is 9.64 Å². The van der Waals surface area contributed by atoms with E-state index in [2.05, 4.69) is 4.90 Å². The van der Waals surface area contributed by atoms with E-state index in [4.69, 9.17) is 4.74 Å². The van der Waals surface area contributed by atoms with Gasteiger partial charge in [-0.15, -0.1) is 0 Å². The van der Waals surface area contributed by atoms with Crippen LogP contribution in [0.4, 0.5) is 4.79 Å². The summed E-state index contributed by atoms with van der Waals surface area (Å²) in [5.74, 6) is 0. The van der Waals surface area contributed by atoms with Gasteiger partial charge in [-0.25, -0.2) is 4.79 Å². The van der Waals surface area contributed by atoms with Crippen LogP contribution in [0.15, 0.2) is 0 Å². The molecule has 2 saturated heterocycles. The van der Waals surface area contributed by atoms with Gasteiger partial charge in [0.05, 0.1) is 0 Å². The molecule has 0 radical (unpaired) electrons. The second kappa shape index (κ2) is 4.84. The molecule has 0 aliphatic carbocycles. The molecule has 2 heterocycles. The van der Waals surface area contributed by atoms with Crippen molar-refractivity contribution in [3.63, 3.8) is 0 Å². The molecule has 0 N–H and O–H groups in total. The Kier molecular flexibility index (Phi) is 3.61. The van der Waals surface area contributed by atoms with Crippen LogP contribution in [0.25, 0.3) is 0 Å². The van der Waals surface area contributed by atoms with E-state index in [1.54, 1.807) is 0 Å². The Labute approximate surface area is 104 Å². The molecule has 2 aliphatic rings. The molecule has 0 aromatic heterocycles. The molecule has 98 valence electrons. The summed E-state index contributed by atoms with van der Waals surface area (Å²) in [7, 11) is 0. The van der Waals surface area contributed by atoms with Crippen molar-refractivity contribution in [2.45, 2.75) is 51.7 Å². The standard InChI is InChI=1S/C13H24N2O2/c1-13(2,3)17-12(16)15-9-6-11(10-15)14-7-4-5-8-14/h11H,4-10H2,1-3H3/t11-/m0/s1. The molecule has 0 bridgehead atoms. The highest BCUT2D eigenvalue weighted by Gasteiger charge is 2.33. The average molecular weight is 240 g/mol. The van der Waals surface area contributed by atoms with Crippen LogP contribution in [0.1, 0.15) is 40.0 Å². The molecule has 2 aliphatic heterocycles. The van der Waals surface area contributed by atoms with E-state index in [1.165, 1.54) is 25.9 Å². The fourth-order valence-electron chi connectivity index (χ4n) is 2.64. The molecule has 4 heteroatoms. The minimum Gasteiger partial charge on any atom is -0.444 e. The van der Waals surface area contributed by atoms with Crippen LogP contribution in [0, 0.1) is 0 Å². The van der Waals surface area contributed by atoms with Crippen LogP contribution in [0.5, 0.6) is 0 Å². The summed E-state index contributed by atoms with van der Waals surface area (Å²) in [4.78, 5) is 16.3. The van der Waals surface area contributed by atoms with Gasteiger partial charge in [-0.1, -0.05) is 0 Å². The molecule has 1 atom stereocenters. The lowest BCUT2D eigenvalue weighted by molar-refractivity contribution is 0.0282. The van der Waals surface area contributed by atoms with Crippen LogP contribution in [-0.2, 0) is 4.74 Å². The SMILES string of the molecule is CC(C)(C)OC(=O)N1CC[C@H](N2CCCC2)C1. The van der Waals surface area contributed by atoms with Crippen LogP contribution in [0.2, 0.25) is 0 Å². The first-order chi connectivity index (χ1) is 7.96. The molecule has 2 rings (SSSR count). The van der Waals surface area contributed by atoms with Gasteiger partial charge in [0, 0.05) is 19.1 Å². The van der Waals surface area contributed by atoms with Crippen molar-refractivity contribution in [2.75, 3.05) is 26.2 Å². The molecule has 4 nitrogen and oxygen atoms in total. The van der Waals surface area contributed by atoms with Gasteiger partial charge in [-0.05, 0) is 53.1 Å². The van der Waals surface area contributed by atoms with E-state index in [0.29, 0.717) is 6.04 Å². The third-order valence-electron chi connectivity index (χ3n) is 3.47. The molecule has 17 heavy (non-hydrogen) atoms. The van der Waals surface area contributed by atoms with Gasteiger partial charge in [0.1, 0.15) is 5.60 Å². The highest BCUT2D eigenvalue weighted by molar-refractivity contribution is 5.68. The maximum absolute atomic E-state index is 11.9. The molecule has 0 unspecified atom stereocenters. The lowest BCUT2D eigenvalue weighted by Gasteiger charge is -2.26. The Hall–Kier alpha value is -0.770. The van der Waals surface area contributed by atoms with Crippen molar-refractivity contribution in [3.05, 3.63) is 0 Å². The zero-order valence-corrected chi connectivity index (χ0v) is 11.2. The topological polar surface area (TPSA) is 32.8 Å². The quantitative estimate of drug-likeness (QED) is 0.703. The number of hydrogen-bond donors (Lipinski definition) is 0. The summed E-state index contributed by atoms with van der Waals surface area (Å²) in [5, 5.41) is 0. The second-order valence-corrected chi connectivity index (χ2v) is 6.11. The molecule has 1 amide bonds. The van der Waals surface area contributed by atoms with Crippen LogP contribution >= 0.6 is 0 Å². The number of amides is 1. The summed E-state index contributed by atoms with van der Waals surface area (Å²) in [5.41, 5.74) is -0.386. The smallest absolute Gasteiger partial charge is 0.410 e. The van der Waals surface area contributed by atoms with E-state index in [-0.39, 0.29) is 11.7 Å². The van der Waals surface area contributed by atoms with E-state index >= 15 is 0 Å². The number of carbonyl (C=O) groups is 1. The normalized spacial score (nSPS) is 26.5. The third kappa shape index (κ3) is 3.35. The van der Waals surface area contributed by atoms with Crippen molar-refractivity contribution in [1.82, 2.24) is 9.80 Å². The largest absolute Gasteiger partial charge is 0.444 e. The summed E-state index contributed by atoms with van der Waals surface area (Å²) < 4.78 is 5.40. The van der Waals surface area contributed by atoms with Crippen LogP contribution in [0.3, 0.4) is 0 Å². The number of nitrogens with zero attached hydrogens (tertiary/aromatic N) is 2. The molecule has 0 aromatic carbocycles. The number of hydrogen-bond acceptors (Lipinski definition) is 3. The molecule has 0 aromatic rings. The summed E-state index contributed by atoms with van der Waals surface area (Å²) >= 11 is 0. The first kappa shape index (κ1) is 12.7. The summed E-state index contributed by atoms with van der Waals surface area (Å²) in [6.07, 6.45) is 3.56. The first-order valence-corrected chi connectivity index (χ1v) is 6.68. The van der Waals surface area contributed by atoms with Crippen LogP contribution in [-0.4, -0.2) is 53.7 Å². The van der Waals surface area contributed by atoms with Gasteiger partial charge in [0.25, 0.3) is 0 Å². The number of rotatable bonds is 1. The fraction of sp³-hybridized carbons (Fsp3) is 0.923. The van der Waals surface area contributed by atoms with Gasteiger partial charge in [0.15, 0.2) is 0 Å². The highest BCUT2D eigenvalue weighted by atomic mass is 16.6. The highest BCUT2D eigenvalue weighted by Crippen LogP contribution is 2.22. The maximum atomic E-state index is 11.9. The third-order valence-corrected chi connectivity index (χ3v) is 3.47. The molecule has 0 saturated carbocycles. The maximum Gasteiger partial charge on any atom is 0.410 e. The molecule has 2 fully saturated rings. The lowest BCUT2D eigenvalue weighted by atomic mass is 10.2. The second-order valence-electron chi connectivity index (χ2n) is 6.11. The summed E-state index contributed by atoms with van der Waals surface area (Å²) in [6, 6.07) is 0.560. The predicted octanol–water partition coefficient (Wildman–Crippen LogP) is 2.09. The lowest BCUT2D eigenvalue weighted by Crippen LogP contribution is -2.39. The molecular weight excluding hydrogens is 216 g/mol.